The third-order valence-corrected chi connectivity index (χ3v) is 3.90. The molecule has 3 heteroatoms. The van der Waals surface area contributed by atoms with Crippen LogP contribution in [0.1, 0.15) is 5.56 Å². The first kappa shape index (κ1) is 12.4. The Morgan fingerprint density at radius 3 is 2.88 bits per heavy atom. The lowest BCUT2D eigenvalue weighted by Crippen LogP contribution is -2.22. The minimum Gasteiger partial charge on any atom is -0.361 e. The Labute approximate surface area is 106 Å². The van der Waals surface area contributed by atoms with Gasteiger partial charge >= 0.3 is 0 Å². The molecule has 90 valence electrons. The average molecular weight is 244 g/mol. The molecule has 0 saturated carbocycles. The quantitative estimate of drug-likeness (QED) is 0.774. The lowest BCUT2D eigenvalue weighted by molar-refractivity contribution is 0.357. The van der Waals surface area contributed by atoms with Crippen LogP contribution in [0.3, 0.4) is 0 Å². The van der Waals surface area contributed by atoms with Gasteiger partial charge < -0.3 is 9.88 Å². The van der Waals surface area contributed by atoms with Gasteiger partial charge in [0.15, 0.2) is 0 Å². The molecule has 0 aliphatic rings. The zero-order chi connectivity index (χ0) is 12.1. The van der Waals surface area contributed by atoms with Crippen LogP contribution in [0.15, 0.2) is 30.5 Å². The number of fused-ring (bicyclic) bond motifs is 1. The normalized spacial score (nSPS) is 11.5. The van der Waals surface area contributed by atoms with E-state index in [2.05, 4.69) is 53.9 Å². The third-order valence-electron chi connectivity index (χ3n) is 3.18. The van der Waals surface area contributed by atoms with Gasteiger partial charge in [-0.3, -0.25) is 0 Å². The van der Waals surface area contributed by atoms with Gasteiger partial charge in [-0.25, -0.2) is 0 Å². The second kappa shape index (κ2) is 6.03. The average Bonchev–Trinajstić information content (AvgIpc) is 2.77. The Balaban J connectivity index is 1.95. The van der Waals surface area contributed by atoms with Crippen molar-refractivity contribution in [3.05, 3.63) is 36.0 Å². The van der Waals surface area contributed by atoms with Gasteiger partial charge in [0, 0.05) is 33.2 Å². The van der Waals surface area contributed by atoms with Gasteiger partial charge in [0.25, 0.3) is 0 Å². The summed E-state index contributed by atoms with van der Waals surface area (Å²) in [5.74, 6) is 0. The van der Waals surface area contributed by atoms with Crippen LogP contribution < -0.4 is 0 Å². The van der Waals surface area contributed by atoms with E-state index < -0.39 is 0 Å². The highest BCUT2D eigenvalue weighted by Gasteiger charge is 2.04. The minimum absolute atomic E-state index is 1.06. The van der Waals surface area contributed by atoms with E-state index in [0.717, 1.165) is 22.5 Å². The lowest BCUT2D eigenvalue weighted by atomic mass is 10.1. The molecule has 1 aromatic heterocycles. The molecule has 0 unspecified atom stereocenters. The highest BCUT2D eigenvalue weighted by atomic mass is 28.2. The maximum Gasteiger partial charge on any atom is 0.0456 e. The Hall–Kier alpha value is -1.06. The fourth-order valence-corrected chi connectivity index (χ4v) is 2.67. The summed E-state index contributed by atoms with van der Waals surface area (Å²) in [4.78, 5) is 5.77. The van der Waals surface area contributed by atoms with Gasteiger partial charge in [0.05, 0.1) is 0 Å². The number of para-hydroxylation sites is 1. The molecule has 0 fully saturated rings. The number of likely N-dealkylation sites (N-methyl/N-ethyl adjacent to an activating group) is 1. The van der Waals surface area contributed by atoms with Crippen molar-refractivity contribution in [1.82, 2.24) is 9.88 Å². The van der Waals surface area contributed by atoms with E-state index >= 15 is 0 Å². The standard InChI is InChI=1S/C14H20N2Si/c1-16(9-10-17-2)8-7-12-11-15-14-6-4-3-5-13(12)14/h3-6,11,15H,7-10H2,1-2H3. The summed E-state index contributed by atoms with van der Waals surface area (Å²) in [6, 6.07) is 9.86. The van der Waals surface area contributed by atoms with Crippen molar-refractivity contribution < 1.29 is 0 Å². The van der Waals surface area contributed by atoms with Crippen LogP contribution in [0, 0.1) is 0 Å². The van der Waals surface area contributed by atoms with Crippen molar-refractivity contribution >= 4 is 20.4 Å². The van der Waals surface area contributed by atoms with Crippen molar-refractivity contribution in [2.24, 2.45) is 0 Å². The van der Waals surface area contributed by atoms with Crippen LogP contribution in [0.4, 0.5) is 0 Å². The summed E-state index contributed by atoms with van der Waals surface area (Å²) < 4.78 is 0. The van der Waals surface area contributed by atoms with Gasteiger partial charge in [0.1, 0.15) is 0 Å². The van der Waals surface area contributed by atoms with E-state index in [1.807, 2.05) is 0 Å². The summed E-state index contributed by atoms with van der Waals surface area (Å²) in [7, 11) is 3.28. The maximum absolute atomic E-state index is 3.34. The van der Waals surface area contributed by atoms with E-state index in [1.165, 1.54) is 29.1 Å². The summed E-state index contributed by atoms with van der Waals surface area (Å²) in [6.07, 6.45) is 3.29. The Morgan fingerprint density at radius 1 is 1.24 bits per heavy atom. The number of rotatable bonds is 6. The molecule has 0 bridgehead atoms. The van der Waals surface area contributed by atoms with E-state index in [4.69, 9.17) is 0 Å². The van der Waals surface area contributed by atoms with Crippen LogP contribution in [0.25, 0.3) is 10.9 Å². The van der Waals surface area contributed by atoms with Gasteiger partial charge in [-0.2, -0.15) is 0 Å². The van der Waals surface area contributed by atoms with Gasteiger partial charge in [-0.1, -0.05) is 24.7 Å². The Bertz CT molecular complexity index is 464. The van der Waals surface area contributed by atoms with Crippen LogP contribution >= 0.6 is 0 Å². The molecule has 2 aromatic rings. The van der Waals surface area contributed by atoms with Crippen LogP contribution in [0.2, 0.25) is 12.6 Å². The van der Waals surface area contributed by atoms with Crippen molar-refractivity contribution in [3.8, 4) is 0 Å². The Kier molecular flexibility index (Phi) is 4.40. The van der Waals surface area contributed by atoms with Crippen molar-refractivity contribution in [2.75, 3.05) is 20.1 Å². The summed E-state index contributed by atoms with van der Waals surface area (Å²) in [6.45, 7) is 4.64. The van der Waals surface area contributed by atoms with Crippen molar-refractivity contribution in [3.63, 3.8) is 0 Å². The molecule has 17 heavy (non-hydrogen) atoms. The van der Waals surface area contributed by atoms with Gasteiger partial charge in [-0.05, 0) is 37.7 Å². The molecule has 0 atom stereocenters. The molecule has 2 rings (SSSR count). The molecule has 0 amide bonds. The number of hydrogen-bond donors (Lipinski definition) is 1. The number of H-pyrrole nitrogens is 1. The third kappa shape index (κ3) is 3.20. The predicted molar refractivity (Wildman–Crippen MR) is 75.9 cm³/mol. The topological polar surface area (TPSA) is 19.0 Å². The molecular formula is C14H20N2Si. The number of hydrogen-bond acceptors (Lipinski definition) is 1. The summed E-state index contributed by atoms with van der Waals surface area (Å²) >= 11 is 0. The van der Waals surface area contributed by atoms with Gasteiger partial charge in [0.2, 0.25) is 0 Å². The Morgan fingerprint density at radius 2 is 2.06 bits per heavy atom. The second-order valence-electron chi connectivity index (χ2n) is 4.52. The van der Waals surface area contributed by atoms with Crippen molar-refractivity contribution in [1.29, 1.82) is 0 Å². The van der Waals surface area contributed by atoms with Crippen LogP contribution in [-0.2, 0) is 6.42 Å². The number of nitrogens with zero attached hydrogens (tertiary/aromatic N) is 1. The van der Waals surface area contributed by atoms with Gasteiger partial charge in [-0.15, -0.1) is 0 Å². The highest BCUT2D eigenvalue weighted by Crippen LogP contribution is 2.18. The zero-order valence-corrected chi connectivity index (χ0v) is 11.7. The largest absolute Gasteiger partial charge is 0.361 e. The molecule has 1 aromatic carbocycles. The highest BCUT2D eigenvalue weighted by molar-refractivity contribution is 6.33. The summed E-state index contributed by atoms with van der Waals surface area (Å²) in [5, 5.41) is 1.37. The maximum atomic E-state index is 3.34. The van der Waals surface area contributed by atoms with E-state index in [9.17, 15) is 0 Å². The molecule has 2 nitrogen and oxygen atoms in total. The van der Waals surface area contributed by atoms with Crippen LogP contribution in [-0.4, -0.2) is 39.5 Å². The second-order valence-corrected chi connectivity index (χ2v) is 5.72. The predicted octanol–water partition coefficient (Wildman–Crippen LogP) is 2.81. The SMILES string of the molecule is C[Si]CCN(C)CCc1c[nH]c2ccccc12. The first-order valence-electron chi connectivity index (χ1n) is 6.19. The van der Waals surface area contributed by atoms with E-state index in [1.54, 1.807) is 0 Å². The van der Waals surface area contributed by atoms with E-state index in [0.29, 0.717) is 0 Å². The molecule has 0 saturated heterocycles. The number of aromatic amines is 1. The monoisotopic (exact) mass is 244 g/mol. The van der Waals surface area contributed by atoms with Crippen molar-refractivity contribution in [2.45, 2.75) is 19.0 Å². The molecule has 0 aliphatic carbocycles. The molecular weight excluding hydrogens is 224 g/mol. The fraction of sp³-hybridized carbons (Fsp3) is 0.429. The van der Waals surface area contributed by atoms with E-state index in [-0.39, 0.29) is 0 Å². The smallest absolute Gasteiger partial charge is 0.0456 e. The molecule has 2 radical (unpaired) electrons. The molecule has 0 spiro atoms. The molecule has 0 aliphatic heterocycles. The number of nitrogens with one attached hydrogen (secondary N) is 1. The first-order valence-corrected chi connectivity index (χ1v) is 7.90. The number of benzene rings is 1. The lowest BCUT2D eigenvalue weighted by Gasteiger charge is -2.15. The summed E-state index contributed by atoms with van der Waals surface area (Å²) in [5.41, 5.74) is 2.69. The minimum atomic E-state index is 1.06. The molecule has 1 heterocycles. The zero-order valence-electron chi connectivity index (χ0n) is 10.7. The fourth-order valence-electron chi connectivity index (χ4n) is 2.06. The first-order chi connectivity index (χ1) is 8.31. The molecule has 1 N–H and O–H groups in total. The number of aromatic nitrogens is 1. The van der Waals surface area contributed by atoms with Crippen LogP contribution in [0.5, 0.6) is 0 Å².